The minimum Gasteiger partial charge on any atom is -0.671 e. The predicted octanol–water partition coefficient (Wildman–Crippen LogP) is 7.41. The van der Waals surface area contributed by atoms with E-state index in [0.717, 1.165) is 23.0 Å². The molecule has 4 N–H and O–H groups in total. The van der Waals surface area contributed by atoms with Crippen molar-refractivity contribution in [2.45, 2.75) is 26.2 Å². The Kier molecular flexibility index (Phi) is 15.3. The van der Waals surface area contributed by atoms with E-state index in [1.165, 1.54) is 0 Å². The van der Waals surface area contributed by atoms with E-state index in [1.807, 2.05) is 0 Å². The molecule has 0 saturated heterocycles. The maximum absolute atomic E-state index is 6.77. The fourth-order valence-corrected chi connectivity index (χ4v) is 1.65. The molecule has 0 aliphatic carbocycles. The molecule has 4 heterocycles. The number of hydrogen-bond donors (Lipinski definition) is 0. The summed E-state index contributed by atoms with van der Waals surface area (Å²) in [5.74, 6) is 2.89. The number of nitrogens with one attached hydrogen (secondary N) is 4. The summed E-state index contributed by atoms with van der Waals surface area (Å²) in [4.78, 5) is 0. The SMILES string of the molecule is [C+4].[NH-]Cc1ccco1.[NH-]Cc1ccco1.[NH-]Cc1ccco1.[NH-]Cc1ccco1. The molecule has 0 fully saturated rings. The van der Waals surface area contributed by atoms with Gasteiger partial charge in [-0.05, 0) is 48.5 Å². The molecule has 0 aliphatic heterocycles. The fourth-order valence-electron chi connectivity index (χ4n) is 1.65. The molecule has 0 amide bonds. The van der Waals surface area contributed by atoms with Gasteiger partial charge in [-0.2, -0.15) is 0 Å². The Morgan fingerprint density at radius 1 is 0.448 bits per heavy atom. The van der Waals surface area contributed by atoms with Crippen molar-refractivity contribution >= 4 is 0 Å². The Hall–Kier alpha value is -3.04. The first kappa shape index (κ1) is 26.0. The van der Waals surface area contributed by atoms with Gasteiger partial charge >= 0.3 is 7.43 Å². The first-order valence-corrected chi connectivity index (χ1v) is 8.41. The monoisotopic (exact) mass is 396 g/mol. The minimum absolute atomic E-state index is 0. The summed E-state index contributed by atoms with van der Waals surface area (Å²) in [6.45, 7) is 0.972. The molecule has 0 bridgehead atoms. The van der Waals surface area contributed by atoms with Crippen molar-refractivity contribution in [2.24, 2.45) is 0 Å². The average molecular weight is 396 g/mol. The molecule has 8 nitrogen and oxygen atoms in total. The van der Waals surface area contributed by atoms with Crippen LogP contribution in [0.2, 0.25) is 0 Å². The van der Waals surface area contributed by atoms with Gasteiger partial charge in [-0.1, -0.05) is 26.2 Å². The van der Waals surface area contributed by atoms with Gasteiger partial charge in [0.05, 0.1) is 48.1 Å². The van der Waals surface area contributed by atoms with Crippen LogP contribution in [0.15, 0.2) is 91.3 Å². The quantitative estimate of drug-likeness (QED) is 0.353. The summed E-state index contributed by atoms with van der Waals surface area (Å²) >= 11 is 0. The van der Waals surface area contributed by atoms with Crippen LogP contribution in [0.5, 0.6) is 0 Å². The van der Waals surface area contributed by atoms with Crippen LogP contribution in [0.25, 0.3) is 22.9 Å². The van der Waals surface area contributed by atoms with Gasteiger partial charge in [0.15, 0.2) is 0 Å². The van der Waals surface area contributed by atoms with Crippen LogP contribution in [0.3, 0.4) is 0 Å². The van der Waals surface area contributed by atoms with E-state index in [0.29, 0.717) is 0 Å². The molecule has 8 heteroatoms. The van der Waals surface area contributed by atoms with Crippen molar-refractivity contribution in [3.8, 4) is 0 Å². The van der Waals surface area contributed by atoms with E-state index in [4.69, 9.17) is 40.6 Å². The number of hydrogen-bond acceptors (Lipinski definition) is 4. The van der Waals surface area contributed by atoms with Gasteiger partial charge in [0.1, 0.15) is 0 Å². The van der Waals surface area contributed by atoms with Gasteiger partial charge in [-0.3, -0.25) is 0 Å². The molecule has 0 atom stereocenters. The third kappa shape index (κ3) is 12.1. The molecule has 0 saturated carbocycles. The van der Waals surface area contributed by atoms with Crippen LogP contribution in [-0.2, 0) is 26.2 Å². The Morgan fingerprint density at radius 3 is 0.724 bits per heavy atom. The molecule has 4 rings (SSSR count). The van der Waals surface area contributed by atoms with Gasteiger partial charge in [-0.25, -0.2) is 0 Å². The van der Waals surface area contributed by atoms with Crippen molar-refractivity contribution in [2.75, 3.05) is 0 Å². The molecule has 152 valence electrons. The van der Waals surface area contributed by atoms with Crippen LogP contribution in [0, 0.1) is 7.43 Å². The maximum Gasteiger partial charge on any atom is 4.00 e. The van der Waals surface area contributed by atoms with Crippen LogP contribution in [0.1, 0.15) is 23.0 Å². The second kappa shape index (κ2) is 17.1. The minimum atomic E-state index is 0. The Balaban J connectivity index is 0.000000356. The zero-order valence-electron chi connectivity index (χ0n) is 15.9. The third-order valence-electron chi connectivity index (χ3n) is 3.02. The molecule has 0 unspecified atom stereocenters. The zero-order chi connectivity index (χ0) is 20.5. The Morgan fingerprint density at radius 2 is 0.655 bits per heavy atom. The summed E-state index contributed by atoms with van der Waals surface area (Å²) in [6, 6.07) is 14.3. The summed E-state index contributed by atoms with van der Waals surface area (Å²) < 4.78 is 19.2. The second-order valence-electron chi connectivity index (χ2n) is 5.02. The van der Waals surface area contributed by atoms with Crippen LogP contribution < -0.4 is 0 Å². The third-order valence-corrected chi connectivity index (χ3v) is 3.02. The summed E-state index contributed by atoms with van der Waals surface area (Å²) in [6.07, 6.45) is 6.29. The Bertz CT molecular complexity index is 628. The van der Waals surface area contributed by atoms with Crippen molar-refractivity contribution in [1.29, 1.82) is 0 Å². The molecule has 4 aromatic heterocycles. The van der Waals surface area contributed by atoms with Crippen molar-refractivity contribution in [3.05, 3.63) is 127 Å². The van der Waals surface area contributed by atoms with Gasteiger partial charge in [-0.15, -0.1) is 0 Å². The van der Waals surface area contributed by atoms with E-state index in [-0.39, 0.29) is 33.6 Å². The van der Waals surface area contributed by atoms with Crippen LogP contribution >= 0.6 is 0 Å². The van der Waals surface area contributed by atoms with Crippen molar-refractivity contribution in [1.82, 2.24) is 0 Å². The van der Waals surface area contributed by atoms with Gasteiger partial charge in [0.2, 0.25) is 0 Å². The van der Waals surface area contributed by atoms with Crippen LogP contribution in [0.4, 0.5) is 0 Å². The molecular formula is C21H24N4O4. The van der Waals surface area contributed by atoms with E-state index in [2.05, 4.69) is 0 Å². The fraction of sp³-hybridized carbons (Fsp3) is 0.190. The number of furan rings is 4. The molecule has 0 aliphatic rings. The van der Waals surface area contributed by atoms with E-state index >= 15 is 0 Å². The van der Waals surface area contributed by atoms with E-state index in [9.17, 15) is 0 Å². The van der Waals surface area contributed by atoms with E-state index in [1.54, 1.807) is 73.6 Å². The molecule has 29 heavy (non-hydrogen) atoms. The van der Waals surface area contributed by atoms with Gasteiger partial charge < -0.3 is 40.6 Å². The topological polar surface area (TPSA) is 148 Å². The van der Waals surface area contributed by atoms with Gasteiger partial charge in [0.25, 0.3) is 0 Å². The van der Waals surface area contributed by atoms with Crippen molar-refractivity contribution in [3.63, 3.8) is 0 Å². The maximum atomic E-state index is 6.77. The standard InChI is InChI=1S/4C5H6NO.C/c4*6-4-5-2-1-3-7-5;/h4*1-3,6H,4H2;/q4*-1;+4. The van der Waals surface area contributed by atoms with Gasteiger partial charge in [0, 0.05) is 0 Å². The summed E-state index contributed by atoms with van der Waals surface area (Å²) in [5.41, 5.74) is 27.1. The molecule has 4 aromatic rings. The smallest absolute Gasteiger partial charge is 0.671 e. The summed E-state index contributed by atoms with van der Waals surface area (Å²) in [5, 5.41) is 0. The summed E-state index contributed by atoms with van der Waals surface area (Å²) in [7, 11) is 0. The largest absolute Gasteiger partial charge is 4.00 e. The normalized spacial score (nSPS) is 8.97. The number of rotatable bonds is 4. The molecular weight excluding hydrogens is 372 g/mol. The molecule has 0 aromatic carbocycles. The molecule has 0 radical (unpaired) electrons. The van der Waals surface area contributed by atoms with E-state index < -0.39 is 0 Å². The predicted molar refractivity (Wildman–Crippen MR) is 110 cm³/mol. The van der Waals surface area contributed by atoms with Crippen molar-refractivity contribution < 1.29 is 17.7 Å². The average Bonchev–Trinajstić information content (AvgIpc) is 3.57. The first-order chi connectivity index (χ1) is 13.7. The zero-order valence-corrected chi connectivity index (χ0v) is 15.9. The van der Waals surface area contributed by atoms with Crippen LogP contribution in [-0.4, -0.2) is 0 Å². The second-order valence-corrected chi connectivity index (χ2v) is 5.02. The first-order valence-electron chi connectivity index (χ1n) is 8.41. The molecule has 0 spiro atoms. The Labute approximate surface area is 171 Å².